The molecule has 5 heterocycles. The van der Waals surface area contributed by atoms with Crippen LogP contribution < -0.4 is 20.4 Å². The van der Waals surface area contributed by atoms with Gasteiger partial charge >= 0.3 is 0 Å². The number of benzene rings is 2. The fraction of sp³-hybridized carbons (Fsp3) is 0.543. The monoisotopic (exact) mass is 843 g/mol. The van der Waals surface area contributed by atoms with Crippen molar-refractivity contribution in [3.63, 3.8) is 0 Å². The predicted molar refractivity (Wildman–Crippen MR) is 225 cm³/mol. The van der Waals surface area contributed by atoms with Crippen LogP contribution in [-0.4, -0.2) is 104 Å². The second kappa shape index (κ2) is 16.9. The van der Waals surface area contributed by atoms with Gasteiger partial charge in [-0.15, -0.1) is 0 Å². The van der Waals surface area contributed by atoms with Crippen molar-refractivity contribution in [3.05, 3.63) is 87.1 Å². The molecule has 4 aliphatic heterocycles. The van der Waals surface area contributed by atoms with E-state index >= 15 is 0 Å². The SMILES string of the molecule is CCC1C2=CC=NC2=CN1c1c2c(cc3c(=O)cc(C)oc13)CC(OOCC(O)(Cc1ccc(O)cc1)C(O)C(O)C(O)CO)C(C)(CCC1CNC(=O)C13CCCCC3)O2. The van der Waals surface area contributed by atoms with E-state index in [0.717, 1.165) is 49.8 Å². The molecule has 1 amide bonds. The highest BCUT2D eigenvalue weighted by Crippen LogP contribution is 2.52. The van der Waals surface area contributed by atoms with Crippen LogP contribution >= 0.6 is 0 Å². The molecule has 1 saturated carbocycles. The molecule has 8 unspecified atom stereocenters. The Bertz CT molecular complexity index is 2280. The number of aliphatic hydroxyl groups is 5. The standard InChI is InChI=1S/C46H57N3O12/c1-4-34-31-13-17-47-33(31)23-49(34)38-40-28(19-32-35(52)18-26(2)59-41(32)38)20-37(44(3,60-40)16-12-29-22-48-43(56)45(29)14-6-5-7-15-45)61-58-25-46(57,42(55)39(54)36(53)24-50)21-27-8-10-30(51)11-9-27/h8-11,13,17-19,23,29,34,36-37,39,42,50-51,53-55,57H,4-7,12,14-16,20-22,24-25H2,1-3H3,(H,48,56). The molecule has 0 radical (unpaired) electrons. The second-order valence-electron chi connectivity index (χ2n) is 17.8. The van der Waals surface area contributed by atoms with Gasteiger partial charge < -0.3 is 50.0 Å². The molecule has 1 aromatic heterocycles. The van der Waals surface area contributed by atoms with Gasteiger partial charge in [0.2, 0.25) is 5.91 Å². The van der Waals surface area contributed by atoms with Crippen LogP contribution in [0.4, 0.5) is 5.69 Å². The minimum absolute atomic E-state index is 0.0175. The van der Waals surface area contributed by atoms with Gasteiger partial charge in [0.1, 0.15) is 59.4 Å². The summed E-state index contributed by atoms with van der Waals surface area (Å²) < 4.78 is 13.6. The summed E-state index contributed by atoms with van der Waals surface area (Å²) in [4.78, 5) is 45.9. The van der Waals surface area contributed by atoms with Crippen molar-refractivity contribution in [2.75, 3.05) is 24.7 Å². The zero-order valence-electron chi connectivity index (χ0n) is 34.9. The van der Waals surface area contributed by atoms with E-state index in [-0.39, 0.29) is 41.9 Å². The summed E-state index contributed by atoms with van der Waals surface area (Å²) in [5.41, 5.74) is -0.146. The summed E-state index contributed by atoms with van der Waals surface area (Å²) in [7, 11) is 0. The second-order valence-corrected chi connectivity index (χ2v) is 17.8. The Hall–Kier alpha value is -4.61. The molecule has 5 aliphatic rings. The molecule has 7 N–H and O–H groups in total. The predicted octanol–water partition coefficient (Wildman–Crippen LogP) is 3.79. The van der Waals surface area contributed by atoms with E-state index in [4.69, 9.17) is 18.9 Å². The number of hydrogen-bond donors (Lipinski definition) is 7. The topological polar surface area (TPSA) is 224 Å². The number of rotatable bonds is 15. The van der Waals surface area contributed by atoms with Gasteiger partial charge in [-0.1, -0.05) is 38.3 Å². The van der Waals surface area contributed by atoms with E-state index in [9.17, 15) is 40.2 Å². The lowest BCUT2D eigenvalue weighted by atomic mass is 9.65. The van der Waals surface area contributed by atoms with Crippen LogP contribution in [-0.2, 0) is 27.4 Å². The molecular formula is C46H57N3O12. The third kappa shape index (κ3) is 7.90. The number of carbonyl (C=O) groups excluding carboxylic acids is 1. The number of aromatic hydroxyl groups is 1. The molecule has 1 saturated heterocycles. The van der Waals surface area contributed by atoms with Crippen molar-refractivity contribution in [2.24, 2.45) is 16.3 Å². The zero-order valence-corrected chi connectivity index (χ0v) is 34.9. The first kappa shape index (κ1) is 43.1. The molecule has 1 spiro atoms. The van der Waals surface area contributed by atoms with E-state index in [1.165, 1.54) is 30.3 Å². The molecule has 1 aliphatic carbocycles. The number of aliphatic imine (C=N–C) groups is 1. The summed E-state index contributed by atoms with van der Waals surface area (Å²) in [5.74, 6) is 1.08. The lowest BCUT2D eigenvalue weighted by Gasteiger charge is -2.45. The van der Waals surface area contributed by atoms with E-state index in [0.29, 0.717) is 58.7 Å². The van der Waals surface area contributed by atoms with Crippen molar-refractivity contribution in [1.82, 2.24) is 5.32 Å². The molecule has 8 rings (SSSR count). The number of amides is 1. The van der Waals surface area contributed by atoms with Crippen LogP contribution in [0.5, 0.6) is 11.5 Å². The van der Waals surface area contributed by atoms with Crippen LogP contribution in [0.15, 0.2) is 74.1 Å². The van der Waals surface area contributed by atoms with Gasteiger partial charge in [-0.05, 0) is 81.7 Å². The number of nitrogens with one attached hydrogen (secondary N) is 1. The minimum Gasteiger partial charge on any atom is -0.508 e. The number of anilines is 1. The lowest BCUT2D eigenvalue weighted by Crippen LogP contribution is -2.58. The Balaban J connectivity index is 1.17. The van der Waals surface area contributed by atoms with Crippen LogP contribution in [0.1, 0.15) is 82.1 Å². The first-order valence-electron chi connectivity index (χ1n) is 21.5. The molecule has 3 aromatic rings. The maximum atomic E-state index is 13.7. The first-order chi connectivity index (χ1) is 29.2. The van der Waals surface area contributed by atoms with Crippen molar-refractivity contribution in [2.45, 2.75) is 127 Å². The molecule has 2 aromatic carbocycles. The van der Waals surface area contributed by atoms with Gasteiger partial charge in [0.05, 0.1) is 29.1 Å². The first-order valence-corrected chi connectivity index (χ1v) is 21.5. The lowest BCUT2D eigenvalue weighted by molar-refractivity contribution is -0.371. The van der Waals surface area contributed by atoms with Gasteiger partial charge in [0.25, 0.3) is 0 Å². The minimum atomic E-state index is -2.27. The zero-order chi connectivity index (χ0) is 43.3. The van der Waals surface area contributed by atoms with Crippen LogP contribution in [0.25, 0.3) is 11.0 Å². The van der Waals surface area contributed by atoms with E-state index in [1.54, 1.807) is 19.2 Å². The van der Waals surface area contributed by atoms with Gasteiger partial charge in [-0.2, -0.15) is 0 Å². The number of fused-ring (bicyclic) bond motifs is 3. The highest BCUT2D eigenvalue weighted by molar-refractivity contribution is 5.96. The Kier molecular flexibility index (Phi) is 11.9. The van der Waals surface area contributed by atoms with Crippen LogP contribution in [0.2, 0.25) is 0 Å². The van der Waals surface area contributed by atoms with Crippen LogP contribution in [0, 0.1) is 18.3 Å². The number of hydrogen-bond acceptors (Lipinski definition) is 14. The van der Waals surface area contributed by atoms with E-state index in [2.05, 4.69) is 22.1 Å². The molecule has 15 heteroatoms. The fourth-order valence-corrected chi connectivity index (χ4v) is 10.2. The summed E-state index contributed by atoms with van der Waals surface area (Å²) in [5, 5.41) is 67.2. The number of carbonyl (C=O) groups is 1. The van der Waals surface area contributed by atoms with Gasteiger partial charge in [-0.3, -0.25) is 14.6 Å². The maximum absolute atomic E-state index is 13.7. The molecule has 328 valence electrons. The highest BCUT2D eigenvalue weighted by atomic mass is 17.2. The van der Waals surface area contributed by atoms with E-state index < -0.39 is 54.2 Å². The number of nitrogens with zero attached hydrogens (tertiary/aromatic N) is 2. The largest absolute Gasteiger partial charge is 0.508 e. The Labute approximate surface area is 353 Å². The summed E-state index contributed by atoms with van der Waals surface area (Å²) >= 11 is 0. The van der Waals surface area contributed by atoms with Gasteiger partial charge in [0, 0.05) is 49.0 Å². The number of phenolic OH excluding ortho intramolecular Hbond substituents is 1. The maximum Gasteiger partial charge on any atom is 0.226 e. The fourth-order valence-electron chi connectivity index (χ4n) is 10.2. The van der Waals surface area contributed by atoms with Crippen molar-refractivity contribution in [3.8, 4) is 11.5 Å². The number of ether oxygens (including phenoxy) is 1. The number of allylic oxidation sites excluding steroid dienone is 1. The summed E-state index contributed by atoms with van der Waals surface area (Å²) in [6.07, 6.45) is 5.46. The van der Waals surface area contributed by atoms with Crippen molar-refractivity contribution >= 4 is 28.8 Å². The average Bonchev–Trinajstić information content (AvgIpc) is 3.93. The highest BCUT2D eigenvalue weighted by Gasteiger charge is 2.53. The smallest absolute Gasteiger partial charge is 0.226 e. The Morgan fingerprint density at radius 1 is 1.10 bits per heavy atom. The molecule has 61 heavy (non-hydrogen) atoms. The number of aryl methyl sites for hydroxylation is 1. The molecule has 0 bridgehead atoms. The quantitative estimate of drug-likeness (QED) is 0.0856. The molecule has 2 fully saturated rings. The number of aliphatic hydroxyl groups excluding tert-OH is 4. The van der Waals surface area contributed by atoms with Gasteiger partial charge in [0.15, 0.2) is 16.8 Å². The van der Waals surface area contributed by atoms with Crippen molar-refractivity contribution < 1.29 is 54.4 Å². The third-order valence-electron chi connectivity index (χ3n) is 13.8. The Morgan fingerprint density at radius 2 is 1.85 bits per heavy atom. The van der Waals surface area contributed by atoms with E-state index in [1.807, 2.05) is 19.2 Å². The van der Waals surface area contributed by atoms with Gasteiger partial charge in [-0.25, -0.2) is 9.78 Å². The van der Waals surface area contributed by atoms with Crippen molar-refractivity contribution in [1.29, 1.82) is 0 Å². The normalized spacial score (nSPS) is 26.6. The Morgan fingerprint density at radius 3 is 2.57 bits per heavy atom. The average molecular weight is 844 g/mol. The molecular weight excluding hydrogens is 787 g/mol. The summed E-state index contributed by atoms with van der Waals surface area (Å²) in [6.45, 7) is 4.71. The summed E-state index contributed by atoms with van der Waals surface area (Å²) in [6, 6.07) is 8.96. The molecule has 15 nitrogen and oxygen atoms in total. The van der Waals surface area contributed by atoms with Crippen LogP contribution in [0.3, 0.4) is 0 Å². The molecule has 8 atom stereocenters. The third-order valence-corrected chi connectivity index (χ3v) is 13.8. The number of phenols is 1.